The zero-order chi connectivity index (χ0) is 16.7. The van der Waals surface area contributed by atoms with Gasteiger partial charge >= 0.3 is 0 Å². The van der Waals surface area contributed by atoms with E-state index in [2.05, 4.69) is 20.6 Å². The maximum atomic E-state index is 12.4. The van der Waals surface area contributed by atoms with Gasteiger partial charge in [-0.15, -0.1) is 0 Å². The molecule has 0 aliphatic rings. The quantitative estimate of drug-likeness (QED) is 0.496. The van der Waals surface area contributed by atoms with Crippen LogP contribution in [0, 0.1) is 0 Å². The minimum atomic E-state index is -0.550. The molecule has 2 rings (SSSR count). The van der Waals surface area contributed by atoms with Crippen LogP contribution in [0.5, 0.6) is 0 Å². The normalized spacial score (nSPS) is 9.65. The smallest absolute Gasteiger partial charge is 0.263 e. The second-order valence-corrected chi connectivity index (χ2v) is 4.84. The van der Waals surface area contributed by atoms with Crippen LogP contribution >= 0.6 is 0 Å². The van der Waals surface area contributed by atoms with Crippen molar-refractivity contribution in [1.29, 1.82) is 0 Å². The van der Waals surface area contributed by atoms with E-state index in [4.69, 9.17) is 0 Å². The summed E-state index contributed by atoms with van der Waals surface area (Å²) in [6, 6.07) is 10.2. The van der Waals surface area contributed by atoms with Gasteiger partial charge in [0.2, 0.25) is 0 Å². The number of carbonyl (C=O) groups is 2. The van der Waals surface area contributed by atoms with Gasteiger partial charge in [0.15, 0.2) is 0 Å². The summed E-state index contributed by atoms with van der Waals surface area (Å²) in [5.41, 5.74) is -0.0497. The van der Waals surface area contributed by atoms with Gasteiger partial charge in [0.1, 0.15) is 17.2 Å². The molecule has 0 saturated carbocycles. The summed E-state index contributed by atoms with van der Waals surface area (Å²) in [4.78, 5) is 34.3. The number of nitrogens with one attached hydrogen (secondary N) is 2. The Kier molecular flexibility index (Phi) is 5.40. The lowest BCUT2D eigenvalue weighted by Gasteiger charge is -2.12. The zero-order valence-electron chi connectivity index (χ0n) is 12.9. The van der Waals surface area contributed by atoms with Crippen molar-refractivity contribution in [2.24, 2.45) is 0 Å². The largest absolute Gasteiger partial charge is 0.383 e. The Morgan fingerprint density at radius 2 is 1.39 bits per heavy atom. The van der Waals surface area contributed by atoms with Gasteiger partial charge in [0.05, 0.1) is 0 Å². The van der Waals surface area contributed by atoms with E-state index in [1.54, 1.807) is 67.8 Å². The predicted molar refractivity (Wildman–Crippen MR) is 87.5 cm³/mol. The van der Waals surface area contributed by atoms with E-state index in [0.717, 1.165) is 0 Å². The van der Waals surface area contributed by atoms with Crippen LogP contribution in [0.1, 0.15) is 0 Å². The van der Waals surface area contributed by atoms with Crippen molar-refractivity contribution < 1.29 is 9.59 Å². The van der Waals surface area contributed by atoms with Crippen molar-refractivity contribution in [3.63, 3.8) is 0 Å². The van der Waals surface area contributed by atoms with E-state index in [9.17, 15) is 9.59 Å². The van der Waals surface area contributed by atoms with Crippen molar-refractivity contribution >= 4 is 23.5 Å². The molecule has 2 aromatic rings. The molecule has 0 aliphatic heterocycles. The van der Waals surface area contributed by atoms with Crippen molar-refractivity contribution in [2.75, 3.05) is 24.7 Å². The van der Waals surface area contributed by atoms with Crippen LogP contribution in [0.2, 0.25) is 0 Å². The molecule has 2 amide bonds. The number of pyridine rings is 2. The second-order valence-electron chi connectivity index (χ2n) is 4.84. The highest BCUT2D eigenvalue weighted by Gasteiger charge is 2.19. The fraction of sp³-hybridized carbons (Fsp3) is 0.125. The number of rotatable bonds is 5. The van der Waals surface area contributed by atoms with E-state index in [1.165, 1.54) is 6.20 Å². The van der Waals surface area contributed by atoms with E-state index in [1.807, 2.05) is 0 Å². The van der Waals surface area contributed by atoms with Gasteiger partial charge in [-0.1, -0.05) is 12.1 Å². The second kappa shape index (κ2) is 7.69. The summed E-state index contributed by atoms with van der Waals surface area (Å²) in [7, 11) is 3.45. The summed E-state index contributed by atoms with van der Waals surface area (Å²) < 4.78 is 0. The maximum absolute atomic E-state index is 12.4. The highest BCUT2D eigenvalue weighted by atomic mass is 16.2. The third kappa shape index (κ3) is 4.92. The summed E-state index contributed by atoms with van der Waals surface area (Å²) in [5, 5.41) is 5.18. The number of hydrogen-bond donors (Lipinski definition) is 2. The van der Waals surface area contributed by atoms with Gasteiger partial charge in [-0.05, 0) is 24.3 Å². The number of carbonyl (C=O) groups excluding carboxylic acids is 2. The third-order valence-corrected chi connectivity index (χ3v) is 2.69. The fourth-order valence-corrected chi connectivity index (χ4v) is 1.72. The minimum Gasteiger partial charge on any atom is -0.383 e. The molecule has 0 atom stereocenters. The first-order valence-corrected chi connectivity index (χ1v) is 6.89. The van der Waals surface area contributed by atoms with E-state index in [-0.39, 0.29) is 5.57 Å². The molecule has 2 heterocycles. The first kappa shape index (κ1) is 16.2. The van der Waals surface area contributed by atoms with E-state index in [0.29, 0.717) is 11.6 Å². The standard InChI is InChI=1S/C16H17N5O2/c1-21(2)11-12(15(22)19-13-7-3-5-9-17-13)16(23)20-14-8-4-6-10-18-14/h3-11H,1-2H3,(H,17,19,22)(H,18,20,23). The highest BCUT2D eigenvalue weighted by molar-refractivity contribution is 6.25. The van der Waals surface area contributed by atoms with Crippen molar-refractivity contribution in [3.8, 4) is 0 Å². The first-order chi connectivity index (χ1) is 11.1. The Hall–Kier alpha value is -3.22. The monoisotopic (exact) mass is 311 g/mol. The average Bonchev–Trinajstić information content (AvgIpc) is 2.54. The molecule has 0 bridgehead atoms. The van der Waals surface area contributed by atoms with Crippen LogP contribution in [0.15, 0.2) is 60.6 Å². The van der Waals surface area contributed by atoms with E-state index < -0.39 is 11.8 Å². The zero-order valence-corrected chi connectivity index (χ0v) is 12.9. The minimum absolute atomic E-state index is 0.0497. The molecule has 7 heteroatoms. The predicted octanol–water partition coefficient (Wildman–Crippen LogP) is 1.50. The van der Waals surface area contributed by atoms with Crippen LogP contribution in [-0.2, 0) is 9.59 Å². The summed E-state index contributed by atoms with van der Waals surface area (Å²) in [6.07, 6.45) is 4.55. The van der Waals surface area contributed by atoms with Gasteiger partial charge in [-0.3, -0.25) is 9.59 Å². The molecular formula is C16H17N5O2. The molecule has 23 heavy (non-hydrogen) atoms. The molecule has 7 nitrogen and oxygen atoms in total. The first-order valence-electron chi connectivity index (χ1n) is 6.89. The lowest BCUT2D eigenvalue weighted by atomic mass is 10.2. The molecule has 0 unspecified atom stereocenters. The van der Waals surface area contributed by atoms with Gasteiger partial charge in [0, 0.05) is 32.7 Å². The molecule has 0 radical (unpaired) electrons. The Balaban J connectivity index is 2.16. The Morgan fingerprint density at radius 1 is 0.913 bits per heavy atom. The maximum Gasteiger partial charge on any atom is 0.263 e. The number of aromatic nitrogens is 2. The van der Waals surface area contributed by atoms with Crippen molar-refractivity contribution in [2.45, 2.75) is 0 Å². The molecular weight excluding hydrogens is 294 g/mol. The van der Waals surface area contributed by atoms with Gasteiger partial charge in [0.25, 0.3) is 11.8 Å². The third-order valence-electron chi connectivity index (χ3n) is 2.69. The van der Waals surface area contributed by atoms with Gasteiger partial charge in [-0.2, -0.15) is 0 Å². The van der Waals surface area contributed by atoms with Crippen molar-refractivity contribution in [1.82, 2.24) is 14.9 Å². The number of anilines is 2. The lowest BCUT2D eigenvalue weighted by molar-refractivity contribution is -0.118. The topological polar surface area (TPSA) is 87.2 Å². The van der Waals surface area contributed by atoms with Crippen LogP contribution in [0.25, 0.3) is 0 Å². The number of hydrogen-bond acceptors (Lipinski definition) is 5. The highest BCUT2D eigenvalue weighted by Crippen LogP contribution is 2.08. The molecule has 0 aliphatic carbocycles. The molecule has 2 aromatic heterocycles. The molecule has 0 fully saturated rings. The SMILES string of the molecule is CN(C)C=C(C(=O)Nc1ccccn1)C(=O)Nc1ccccn1. The summed E-state index contributed by atoms with van der Waals surface area (Å²) in [6.45, 7) is 0. The Morgan fingerprint density at radius 3 is 1.74 bits per heavy atom. The summed E-state index contributed by atoms with van der Waals surface area (Å²) >= 11 is 0. The molecule has 0 saturated heterocycles. The number of amides is 2. The van der Waals surface area contributed by atoms with Crippen LogP contribution < -0.4 is 10.6 Å². The lowest BCUT2D eigenvalue weighted by Crippen LogP contribution is -2.27. The summed E-state index contributed by atoms with van der Waals surface area (Å²) in [5.74, 6) is -0.364. The molecule has 0 aromatic carbocycles. The van der Waals surface area contributed by atoms with Gasteiger partial charge < -0.3 is 15.5 Å². The number of nitrogens with zero attached hydrogens (tertiary/aromatic N) is 3. The molecule has 118 valence electrons. The van der Waals surface area contributed by atoms with Crippen LogP contribution in [0.3, 0.4) is 0 Å². The van der Waals surface area contributed by atoms with Crippen LogP contribution in [0.4, 0.5) is 11.6 Å². The fourth-order valence-electron chi connectivity index (χ4n) is 1.72. The van der Waals surface area contributed by atoms with Gasteiger partial charge in [-0.25, -0.2) is 9.97 Å². The molecule has 0 spiro atoms. The Labute approximate surface area is 134 Å². The van der Waals surface area contributed by atoms with Crippen LogP contribution in [-0.4, -0.2) is 40.8 Å². The molecule has 2 N–H and O–H groups in total. The van der Waals surface area contributed by atoms with Crippen molar-refractivity contribution in [3.05, 3.63) is 60.6 Å². The average molecular weight is 311 g/mol. The Bertz CT molecular complexity index is 643. The van der Waals surface area contributed by atoms with E-state index >= 15 is 0 Å².